The first-order valence-corrected chi connectivity index (χ1v) is 7.15. The summed E-state index contributed by atoms with van der Waals surface area (Å²) >= 11 is 0. The van der Waals surface area contributed by atoms with Crippen molar-refractivity contribution in [2.45, 2.75) is 39.5 Å². The van der Waals surface area contributed by atoms with Crippen LogP contribution in [0, 0.1) is 28.6 Å². The molecule has 0 N–H and O–H groups in total. The number of nitrogens with zero attached hydrogens (tertiary/aromatic N) is 3. The summed E-state index contributed by atoms with van der Waals surface area (Å²) in [6, 6.07) is 12.8. The summed E-state index contributed by atoms with van der Waals surface area (Å²) in [4.78, 5) is 4.36. The molecule has 2 rings (SSSR count). The van der Waals surface area contributed by atoms with Crippen LogP contribution in [0.5, 0.6) is 0 Å². The number of aliphatic imine (C=N–C) groups is 1. The van der Waals surface area contributed by atoms with Crippen LogP contribution in [0.15, 0.2) is 40.5 Å². The Morgan fingerprint density at radius 2 is 1.71 bits per heavy atom. The molecule has 3 nitrogen and oxygen atoms in total. The van der Waals surface area contributed by atoms with Gasteiger partial charge in [0.15, 0.2) is 0 Å². The first-order valence-electron chi connectivity index (χ1n) is 7.15. The van der Waals surface area contributed by atoms with Gasteiger partial charge in [-0.25, -0.2) is 0 Å². The molecule has 1 aliphatic heterocycles. The van der Waals surface area contributed by atoms with E-state index in [4.69, 9.17) is 0 Å². The highest BCUT2D eigenvalue weighted by atomic mass is 14.8. The second-order valence-electron chi connectivity index (χ2n) is 5.77. The summed E-state index contributed by atoms with van der Waals surface area (Å²) < 4.78 is 0. The van der Waals surface area contributed by atoms with Crippen molar-refractivity contribution in [2.24, 2.45) is 10.9 Å². The third-order valence-electron chi connectivity index (χ3n) is 4.05. The Morgan fingerprint density at radius 1 is 1.10 bits per heavy atom. The fourth-order valence-corrected chi connectivity index (χ4v) is 2.79. The largest absolute Gasteiger partial charge is 0.260 e. The second-order valence-corrected chi connectivity index (χ2v) is 5.77. The zero-order valence-corrected chi connectivity index (χ0v) is 12.9. The monoisotopic (exact) mass is 277 g/mol. The van der Waals surface area contributed by atoms with Crippen molar-refractivity contribution in [1.82, 2.24) is 0 Å². The van der Waals surface area contributed by atoms with Crippen molar-refractivity contribution in [3.8, 4) is 12.1 Å². The van der Waals surface area contributed by atoms with Gasteiger partial charge in [0.2, 0.25) is 0 Å². The molecule has 0 fully saturated rings. The predicted molar refractivity (Wildman–Crippen MR) is 83.8 cm³/mol. The van der Waals surface area contributed by atoms with E-state index in [1.54, 1.807) is 0 Å². The molecule has 1 aliphatic rings. The van der Waals surface area contributed by atoms with Crippen LogP contribution in [0.3, 0.4) is 0 Å². The molecule has 1 aromatic carbocycles. The van der Waals surface area contributed by atoms with Crippen molar-refractivity contribution in [2.75, 3.05) is 0 Å². The van der Waals surface area contributed by atoms with Crippen molar-refractivity contribution in [3.63, 3.8) is 0 Å². The van der Waals surface area contributed by atoms with Crippen molar-refractivity contribution < 1.29 is 0 Å². The van der Waals surface area contributed by atoms with E-state index < -0.39 is 0 Å². The van der Waals surface area contributed by atoms with Crippen LogP contribution >= 0.6 is 0 Å². The molecule has 2 atom stereocenters. The number of hydrogen-bond donors (Lipinski definition) is 0. The van der Waals surface area contributed by atoms with Crippen LogP contribution in [0.25, 0.3) is 0 Å². The predicted octanol–water partition coefficient (Wildman–Crippen LogP) is 4.31. The Labute approximate surface area is 126 Å². The van der Waals surface area contributed by atoms with Gasteiger partial charge in [-0.1, -0.05) is 38.1 Å². The molecule has 0 aromatic heterocycles. The van der Waals surface area contributed by atoms with Crippen LogP contribution in [0.1, 0.15) is 50.7 Å². The molecular formula is C18H19N3. The lowest BCUT2D eigenvalue weighted by Crippen LogP contribution is -2.24. The minimum absolute atomic E-state index is 0.210. The zero-order valence-electron chi connectivity index (χ0n) is 12.9. The highest BCUT2D eigenvalue weighted by Crippen LogP contribution is 2.38. The smallest absolute Gasteiger partial charge is 0.0973 e. The van der Waals surface area contributed by atoms with Crippen LogP contribution in [-0.2, 0) is 0 Å². The van der Waals surface area contributed by atoms with Gasteiger partial charge in [-0.15, -0.1) is 0 Å². The Balaban J connectivity index is 2.51. The van der Waals surface area contributed by atoms with Crippen molar-refractivity contribution in [1.29, 1.82) is 10.5 Å². The van der Waals surface area contributed by atoms with E-state index in [9.17, 15) is 10.5 Å². The molecule has 1 unspecified atom stereocenters. The van der Waals surface area contributed by atoms with E-state index in [2.05, 4.69) is 43.1 Å². The van der Waals surface area contributed by atoms with Crippen molar-refractivity contribution in [3.05, 3.63) is 46.7 Å². The highest BCUT2D eigenvalue weighted by Gasteiger charge is 2.33. The molecular weight excluding hydrogens is 258 g/mol. The zero-order chi connectivity index (χ0) is 15.6. The molecule has 106 valence electrons. The first kappa shape index (κ1) is 15.0. The van der Waals surface area contributed by atoms with Gasteiger partial charge in [0.05, 0.1) is 29.3 Å². The third kappa shape index (κ3) is 2.73. The molecule has 21 heavy (non-hydrogen) atoms. The summed E-state index contributed by atoms with van der Waals surface area (Å²) in [5, 5.41) is 18.9. The SMILES string of the molecule is CC1=NC(C)=C(C#N)[C@@H](c2ccc(C(C)C)cc2)C1C#N. The van der Waals surface area contributed by atoms with Gasteiger partial charge in [0.25, 0.3) is 0 Å². The first-order chi connectivity index (χ1) is 9.99. The van der Waals surface area contributed by atoms with Gasteiger partial charge >= 0.3 is 0 Å². The lowest BCUT2D eigenvalue weighted by Gasteiger charge is -2.27. The number of rotatable bonds is 2. The van der Waals surface area contributed by atoms with Crippen LogP contribution in [-0.4, -0.2) is 5.71 Å². The summed E-state index contributed by atoms with van der Waals surface area (Å²) in [5.41, 5.74) is 4.37. The molecule has 1 aromatic rings. The van der Waals surface area contributed by atoms with E-state index in [-0.39, 0.29) is 11.8 Å². The molecule has 0 spiro atoms. The maximum absolute atomic E-state index is 9.47. The molecule has 0 bridgehead atoms. The van der Waals surface area contributed by atoms with Gasteiger partial charge in [-0.2, -0.15) is 10.5 Å². The fourth-order valence-electron chi connectivity index (χ4n) is 2.79. The minimum Gasteiger partial charge on any atom is -0.260 e. The highest BCUT2D eigenvalue weighted by molar-refractivity contribution is 5.90. The number of nitriles is 2. The maximum Gasteiger partial charge on any atom is 0.0973 e. The van der Waals surface area contributed by atoms with E-state index in [0.29, 0.717) is 11.5 Å². The van der Waals surface area contributed by atoms with Crippen LogP contribution in [0.2, 0.25) is 0 Å². The Bertz CT molecular complexity index is 679. The summed E-state index contributed by atoms with van der Waals surface area (Å²) in [7, 11) is 0. The third-order valence-corrected chi connectivity index (χ3v) is 4.05. The Hall–Kier alpha value is -2.39. The van der Waals surface area contributed by atoms with Gasteiger partial charge in [-0.05, 0) is 30.9 Å². The summed E-state index contributed by atoms with van der Waals surface area (Å²) in [6.07, 6.45) is 0. The minimum atomic E-state index is -0.367. The second kappa shape index (κ2) is 5.94. The topological polar surface area (TPSA) is 59.9 Å². The number of allylic oxidation sites excluding steroid dienone is 2. The lowest BCUT2D eigenvalue weighted by atomic mass is 9.76. The molecule has 0 radical (unpaired) electrons. The standard InChI is InChI=1S/C18H19N3/c1-11(2)14-5-7-15(8-6-14)18-16(9-19)12(3)21-13(4)17(18)10-20/h5-8,11,16,18H,1-4H3/t16?,18-/m0/s1. The van der Waals surface area contributed by atoms with E-state index in [1.807, 2.05) is 26.0 Å². The summed E-state index contributed by atoms with van der Waals surface area (Å²) in [5.74, 6) is -0.111. The molecule has 0 saturated carbocycles. The van der Waals surface area contributed by atoms with Gasteiger partial charge in [-0.3, -0.25) is 4.99 Å². The van der Waals surface area contributed by atoms with E-state index >= 15 is 0 Å². The lowest BCUT2D eigenvalue weighted by molar-refractivity contribution is 0.702. The fraction of sp³-hybridized carbons (Fsp3) is 0.389. The Kier molecular flexibility index (Phi) is 4.24. The average molecular weight is 277 g/mol. The molecule has 3 heteroatoms. The Morgan fingerprint density at radius 3 is 2.19 bits per heavy atom. The number of hydrogen-bond acceptors (Lipinski definition) is 3. The molecule has 0 amide bonds. The average Bonchev–Trinajstić information content (AvgIpc) is 2.46. The van der Waals surface area contributed by atoms with E-state index in [1.165, 1.54) is 5.56 Å². The molecule has 0 aliphatic carbocycles. The van der Waals surface area contributed by atoms with Crippen LogP contribution < -0.4 is 0 Å². The molecule has 0 saturated heterocycles. The van der Waals surface area contributed by atoms with Gasteiger partial charge in [0.1, 0.15) is 0 Å². The van der Waals surface area contributed by atoms with Gasteiger partial charge in [0, 0.05) is 11.6 Å². The van der Waals surface area contributed by atoms with Crippen LogP contribution in [0.4, 0.5) is 0 Å². The molecule has 1 heterocycles. The quantitative estimate of drug-likeness (QED) is 0.808. The number of benzene rings is 1. The maximum atomic E-state index is 9.47. The van der Waals surface area contributed by atoms with Crippen molar-refractivity contribution >= 4 is 5.71 Å². The van der Waals surface area contributed by atoms with E-state index in [0.717, 1.165) is 17.0 Å². The normalized spacial score (nSPS) is 21.8. The summed E-state index contributed by atoms with van der Waals surface area (Å²) in [6.45, 7) is 8.00. The van der Waals surface area contributed by atoms with Gasteiger partial charge < -0.3 is 0 Å².